The molecule has 0 saturated carbocycles. The summed E-state index contributed by atoms with van der Waals surface area (Å²) in [5.74, 6) is -0.842. The second kappa shape index (κ2) is 10.1. The molecule has 0 atom stereocenters. The Balaban J connectivity index is 1.39. The molecule has 2 amide bonds. The van der Waals surface area contributed by atoms with Crippen molar-refractivity contribution in [2.45, 2.75) is 32.0 Å². The second-order valence-corrected chi connectivity index (χ2v) is 7.18. The summed E-state index contributed by atoms with van der Waals surface area (Å²) in [4.78, 5) is 27.1. The highest BCUT2D eigenvalue weighted by molar-refractivity contribution is 5.98. The summed E-state index contributed by atoms with van der Waals surface area (Å²) in [6.07, 6.45) is -2.37. The summed E-state index contributed by atoms with van der Waals surface area (Å²) in [5.41, 5.74) is 7.64. The van der Waals surface area contributed by atoms with Gasteiger partial charge in [0.2, 0.25) is 5.91 Å². The zero-order valence-electron chi connectivity index (χ0n) is 17.1. The maximum Gasteiger partial charge on any atom is 0.573 e. The summed E-state index contributed by atoms with van der Waals surface area (Å²) in [7, 11) is 0. The van der Waals surface area contributed by atoms with Gasteiger partial charge in [-0.15, -0.1) is 13.2 Å². The molecule has 3 rings (SSSR count). The number of ether oxygens (including phenoxy) is 1. The maximum absolute atomic E-state index is 12.3. The molecule has 2 aromatic carbocycles. The zero-order chi connectivity index (χ0) is 23.1. The molecule has 32 heavy (non-hydrogen) atoms. The minimum Gasteiger partial charge on any atom is -0.406 e. The van der Waals surface area contributed by atoms with Gasteiger partial charge in [0.25, 0.3) is 5.91 Å². The minimum atomic E-state index is -4.78. The highest BCUT2D eigenvalue weighted by Gasteiger charge is 2.31. The molecular weight excluding hydrogens is 425 g/mol. The number of halogens is 3. The Morgan fingerprint density at radius 3 is 2.56 bits per heavy atom. The van der Waals surface area contributed by atoms with Crippen LogP contribution in [0.1, 0.15) is 36.2 Å². The number of unbranched alkanes of at least 4 members (excludes halogenated alkanes) is 2. The van der Waals surface area contributed by atoms with Gasteiger partial charge in [-0.2, -0.15) is 0 Å². The van der Waals surface area contributed by atoms with E-state index in [0.29, 0.717) is 48.1 Å². The number of aromatic amines is 1. The smallest absolute Gasteiger partial charge is 0.406 e. The lowest BCUT2D eigenvalue weighted by Crippen LogP contribution is -2.24. The number of hydrogen-bond acceptors (Lipinski definition) is 4. The van der Waals surface area contributed by atoms with Gasteiger partial charge in [0.05, 0.1) is 11.4 Å². The van der Waals surface area contributed by atoms with E-state index in [2.05, 4.69) is 20.4 Å². The van der Waals surface area contributed by atoms with Gasteiger partial charge in [-0.05, 0) is 49.2 Å². The number of para-hydroxylation sites is 2. The van der Waals surface area contributed by atoms with Crippen molar-refractivity contribution in [2.24, 2.45) is 0 Å². The molecule has 0 aliphatic carbocycles. The Bertz CT molecular complexity index is 1100. The summed E-state index contributed by atoms with van der Waals surface area (Å²) in [6.45, 7) is 0.407. The second-order valence-electron chi connectivity index (χ2n) is 7.18. The van der Waals surface area contributed by atoms with Crippen molar-refractivity contribution < 1.29 is 27.5 Å². The molecule has 0 aliphatic rings. The molecule has 0 bridgehead atoms. The van der Waals surface area contributed by atoms with Crippen molar-refractivity contribution in [1.29, 1.82) is 0 Å². The van der Waals surface area contributed by atoms with E-state index in [9.17, 15) is 22.8 Å². The normalized spacial score (nSPS) is 11.3. The van der Waals surface area contributed by atoms with E-state index in [4.69, 9.17) is 5.73 Å². The first kappa shape index (κ1) is 23.0. The van der Waals surface area contributed by atoms with Crippen molar-refractivity contribution in [3.8, 4) is 5.75 Å². The SMILES string of the molecule is Nc1ccccc1NC(=O)CCCCCNC(=O)c1cc2cc(OC(F)(F)F)ccc2[nH]1. The van der Waals surface area contributed by atoms with Crippen LogP contribution in [0.2, 0.25) is 0 Å². The van der Waals surface area contributed by atoms with Crippen molar-refractivity contribution in [1.82, 2.24) is 10.3 Å². The van der Waals surface area contributed by atoms with Gasteiger partial charge in [0.15, 0.2) is 0 Å². The van der Waals surface area contributed by atoms with Crippen LogP contribution in [0.4, 0.5) is 24.5 Å². The van der Waals surface area contributed by atoms with Crippen molar-refractivity contribution in [3.05, 3.63) is 54.2 Å². The number of amides is 2. The third kappa shape index (κ3) is 6.66. The molecule has 5 N–H and O–H groups in total. The lowest BCUT2D eigenvalue weighted by molar-refractivity contribution is -0.274. The molecule has 10 heteroatoms. The fourth-order valence-electron chi connectivity index (χ4n) is 3.14. The maximum atomic E-state index is 12.3. The number of benzene rings is 2. The van der Waals surface area contributed by atoms with E-state index in [-0.39, 0.29) is 23.3 Å². The number of carbonyl (C=O) groups is 2. The fraction of sp³-hybridized carbons (Fsp3) is 0.273. The Hall–Kier alpha value is -3.69. The molecule has 170 valence electrons. The third-order valence-corrected chi connectivity index (χ3v) is 4.67. The molecular formula is C22H23F3N4O3. The molecule has 1 aromatic heterocycles. The molecule has 0 unspecified atom stereocenters. The van der Waals surface area contributed by atoms with Crippen LogP contribution < -0.4 is 21.1 Å². The summed E-state index contributed by atoms with van der Waals surface area (Å²) < 4.78 is 40.9. The molecule has 7 nitrogen and oxygen atoms in total. The number of rotatable bonds is 9. The van der Waals surface area contributed by atoms with E-state index in [0.717, 1.165) is 6.42 Å². The van der Waals surface area contributed by atoms with Gasteiger partial charge in [-0.1, -0.05) is 18.6 Å². The average molecular weight is 448 g/mol. The van der Waals surface area contributed by atoms with Gasteiger partial charge in [-0.25, -0.2) is 0 Å². The van der Waals surface area contributed by atoms with Gasteiger partial charge < -0.3 is 26.1 Å². The Morgan fingerprint density at radius 1 is 1.03 bits per heavy atom. The summed E-state index contributed by atoms with van der Waals surface area (Å²) in [6, 6.07) is 12.3. The van der Waals surface area contributed by atoms with Gasteiger partial charge >= 0.3 is 6.36 Å². The van der Waals surface area contributed by atoms with Gasteiger partial charge in [0.1, 0.15) is 11.4 Å². The van der Waals surface area contributed by atoms with Crippen LogP contribution in [0, 0.1) is 0 Å². The molecule has 3 aromatic rings. The molecule has 0 saturated heterocycles. The van der Waals surface area contributed by atoms with Crippen LogP contribution in [-0.4, -0.2) is 29.7 Å². The zero-order valence-corrected chi connectivity index (χ0v) is 17.1. The van der Waals surface area contributed by atoms with E-state index in [1.807, 2.05) is 0 Å². The monoisotopic (exact) mass is 448 g/mol. The average Bonchev–Trinajstić information content (AvgIpc) is 3.14. The number of carbonyl (C=O) groups excluding carboxylic acids is 2. The fourth-order valence-corrected chi connectivity index (χ4v) is 3.14. The van der Waals surface area contributed by atoms with Crippen molar-refractivity contribution >= 4 is 34.1 Å². The molecule has 0 fully saturated rings. The highest BCUT2D eigenvalue weighted by Crippen LogP contribution is 2.27. The Labute approximate surface area is 182 Å². The van der Waals surface area contributed by atoms with Gasteiger partial charge in [-0.3, -0.25) is 9.59 Å². The summed E-state index contributed by atoms with van der Waals surface area (Å²) in [5, 5.41) is 5.94. The number of aromatic nitrogens is 1. The molecule has 0 aliphatic heterocycles. The Kier molecular flexibility index (Phi) is 7.24. The summed E-state index contributed by atoms with van der Waals surface area (Å²) >= 11 is 0. The minimum absolute atomic E-state index is 0.126. The molecule has 0 spiro atoms. The van der Waals surface area contributed by atoms with E-state index < -0.39 is 6.36 Å². The predicted molar refractivity (Wildman–Crippen MR) is 115 cm³/mol. The number of nitrogens with one attached hydrogen (secondary N) is 3. The number of fused-ring (bicyclic) bond motifs is 1. The Morgan fingerprint density at radius 2 is 1.81 bits per heavy atom. The van der Waals surface area contributed by atoms with E-state index in [1.54, 1.807) is 24.3 Å². The highest BCUT2D eigenvalue weighted by atomic mass is 19.4. The van der Waals surface area contributed by atoms with Crippen molar-refractivity contribution in [2.75, 3.05) is 17.6 Å². The van der Waals surface area contributed by atoms with E-state index >= 15 is 0 Å². The van der Waals surface area contributed by atoms with Crippen LogP contribution >= 0.6 is 0 Å². The van der Waals surface area contributed by atoms with Crippen LogP contribution in [0.25, 0.3) is 10.9 Å². The number of nitrogen functional groups attached to an aromatic ring is 1. The van der Waals surface area contributed by atoms with Gasteiger partial charge in [0, 0.05) is 23.9 Å². The number of H-pyrrole nitrogens is 1. The lowest BCUT2D eigenvalue weighted by atomic mass is 10.1. The first-order valence-electron chi connectivity index (χ1n) is 10.0. The molecule has 1 heterocycles. The standard InChI is InChI=1S/C22H23F3N4O3/c23-22(24,25)32-15-9-10-17-14(12-15)13-19(28-17)21(31)27-11-5-1-2-8-20(30)29-18-7-4-3-6-16(18)26/h3-4,6-7,9-10,12-13,28H,1-2,5,8,11,26H2,(H,27,31)(H,29,30). The lowest BCUT2D eigenvalue weighted by Gasteiger charge is -2.08. The first-order chi connectivity index (χ1) is 15.2. The van der Waals surface area contributed by atoms with Crippen LogP contribution in [0.3, 0.4) is 0 Å². The predicted octanol–water partition coefficient (Wildman–Crippen LogP) is 4.58. The van der Waals surface area contributed by atoms with Crippen LogP contribution in [0.15, 0.2) is 48.5 Å². The topological polar surface area (TPSA) is 109 Å². The van der Waals surface area contributed by atoms with E-state index in [1.165, 1.54) is 24.3 Å². The number of nitrogens with two attached hydrogens (primary N) is 1. The van der Waals surface area contributed by atoms with Crippen LogP contribution in [-0.2, 0) is 4.79 Å². The largest absolute Gasteiger partial charge is 0.573 e. The van der Waals surface area contributed by atoms with Crippen LogP contribution in [0.5, 0.6) is 5.75 Å². The number of anilines is 2. The quantitative estimate of drug-likeness (QED) is 0.284. The van der Waals surface area contributed by atoms with Crippen molar-refractivity contribution in [3.63, 3.8) is 0 Å². The number of hydrogen-bond donors (Lipinski definition) is 4. The first-order valence-corrected chi connectivity index (χ1v) is 10.0. The number of alkyl halides is 3. The molecule has 0 radical (unpaired) electrons. The third-order valence-electron chi connectivity index (χ3n) is 4.67.